The molecule has 0 saturated carbocycles. The zero-order chi connectivity index (χ0) is 28.5. The molecule has 0 bridgehead atoms. The Bertz CT molecular complexity index is 413. The minimum Gasteiger partial charge on any atom is -0.325 e. The first-order valence-electron chi connectivity index (χ1n) is 19.0. The van der Waals surface area contributed by atoms with Crippen LogP contribution in [0.3, 0.4) is 0 Å². The van der Waals surface area contributed by atoms with Crippen molar-refractivity contribution in [3.8, 4) is 0 Å². The third-order valence-corrected chi connectivity index (χ3v) is 9.33. The standard InChI is InChI=1S/C38H79N.HI/c1-4-7-10-13-16-19-22-25-28-31-34-37-38(39,35-32-29-26-23-20-17-14-11-8-5-2)36-33-30-27-24-21-18-15-12-9-6-3;/h4-37,39H2,1-3H3;1H. The van der Waals surface area contributed by atoms with Crippen molar-refractivity contribution in [2.75, 3.05) is 0 Å². The van der Waals surface area contributed by atoms with Crippen molar-refractivity contribution in [1.82, 2.24) is 0 Å². The lowest BCUT2D eigenvalue weighted by atomic mass is 9.82. The van der Waals surface area contributed by atoms with Crippen molar-refractivity contribution in [2.45, 2.75) is 245 Å². The van der Waals surface area contributed by atoms with Gasteiger partial charge in [0.1, 0.15) is 0 Å². The van der Waals surface area contributed by atoms with E-state index in [2.05, 4.69) is 20.8 Å². The average Bonchev–Trinajstić information content (AvgIpc) is 2.94. The Morgan fingerprint density at radius 1 is 0.275 bits per heavy atom. The molecule has 0 heterocycles. The Balaban J connectivity index is 0. The van der Waals surface area contributed by atoms with Crippen molar-refractivity contribution < 1.29 is 0 Å². The smallest absolute Gasteiger partial charge is 0.0154 e. The molecule has 0 fully saturated rings. The Hall–Kier alpha value is 0.690. The quantitative estimate of drug-likeness (QED) is 0.0532. The van der Waals surface area contributed by atoms with Crippen LogP contribution in [0.5, 0.6) is 0 Å². The minimum atomic E-state index is 0. The van der Waals surface area contributed by atoms with Crippen LogP contribution in [0, 0.1) is 0 Å². The molecule has 0 radical (unpaired) electrons. The molecule has 0 aliphatic heterocycles. The van der Waals surface area contributed by atoms with Crippen molar-refractivity contribution in [1.29, 1.82) is 0 Å². The van der Waals surface area contributed by atoms with Gasteiger partial charge in [0.2, 0.25) is 0 Å². The van der Waals surface area contributed by atoms with E-state index in [1.54, 1.807) is 0 Å². The van der Waals surface area contributed by atoms with Gasteiger partial charge in [-0.1, -0.05) is 220 Å². The topological polar surface area (TPSA) is 26.0 Å². The number of unbranched alkanes of at least 4 members (excludes halogenated alkanes) is 28. The second-order valence-corrected chi connectivity index (χ2v) is 13.5. The summed E-state index contributed by atoms with van der Waals surface area (Å²) in [6.45, 7) is 6.93. The Morgan fingerprint density at radius 2 is 0.425 bits per heavy atom. The van der Waals surface area contributed by atoms with Crippen LogP contribution < -0.4 is 5.73 Å². The number of halogens is 1. The van der Waals surface area contributed by atoms with Gasteiger partial charge in [0.05, 0.1) is 0 Å². The van der Waals surface area contributed by atoms with Gasteiger partial charge in [-0.3, -0.25) is 0 Å². The summed E-state index contributed by atoms with van der Waals surface area (Å²) in [6.07, 6.45) is 48.1. The zero-order valence-corrected chi connectivity index (χ0v) is 30.9. The molecule has 0 aliphatic carbocycles. The van der Waals surface area contributed by atoms with Crippen LogP contribution in [0.4, 0.5) is 0 Å². The van der Waals surface area contributed by atoms with E-state index in [4.69, 9.17) is 5.73 Å². The number of nitrogens with two attached hydrogens (primary N) is 1. The molecule has 40 heavy (non-hydrogen) atoms. The molecule has 244 valence electrons. The van der Waals surface area contributed by atoms with Gasteiger partial charge in [0.15, 0.2) is 0 Å². The minimum absolute atomic E-state index is 0. The first-order chi connectivity index (χ1) is 19.2. The van der Waals surface area contributed by atoms with Crippen molar-refractivity contribution in [2.24, 2.45) is 5.73 Å². The predicted octanol–water partition coefficient (Wildman–Crippen LogP) is 14.6. The van der Waals surface area contributed by atoms with Crippen molar-refractivity contribution in [3.63, 3.8) is 0 Å². The van der Waals surface area contributed by atoms with Gasteiger partial charge in [-0.05, 0) is 19.3 Å². The third-order valence-electron chi connectivity index (χ3n) is 9.33. The van der Waals surface area contributed by atoms with E-state index >= 15 is 0 Å². The summed E-state index contributed by atoms with van der Waals surface area (Å²) in [5.74, 6) is 0. The second kappa shape index (κ2) is 35.9. The van der Waals surface area contributed by atoms with Gasteiger partial charge in [0, 0.05) is 5.54 Å². The van der Waals surface area contributed by atoms with Gasteiger partial charge in [-0.25, -0.2) is 0 Å². The van der Waals surface area contributed by atoms with Gasteiger partial charge in [-0.2, -0.15) is 0 Å². The van der Waals surface area contributed by atoms with E-state index < -0.39 is 0 Å². The summed E-state index contributed by atoms with van der Waals surface area (Å²) in [5.41, 5.74) is 7.26. The number of hydrogen-bond acceptors (Lipinski definition) is 1. The largest absolute Gasteiger partial charge is 0.325 e. The molecule has 0 aromatic carbocycles. The molecule has 0 rings (SSSR count). The monoisotopic (exact) mass is 678 g/mol. The molecule has 1 nitrogen and oxygen atoms in total. The lowest BCUT2D eigenvalue weighted by Crippen LogP contribution is -2.39. The number of rotatable bonds is 34. The zero-order valence-electron chi connectivity index (χ0n) is 28.5. The Kier molecular flexibility index (Phi) is 38.4. The van der Waals surface area contributed by atoms with Crippen molar-refractivity contribution >= 4 is 24.0 Å². The molecular weight excluding hydrogens is 597 g/mol. The molecule has 0 saturated heterocycles. The van der Waals surface area contributed by atoms with Gasteiger partial charge >= 0.3 is 0 Å². The van der Waals surface area contributed by atoms with E-state index in [-0.39, 0.29) is 29.5 Å². The maximum Gasteiger partial charge on any atom is 0.0154 e. The normalized spacial score (nSPS) is 11.7. The Morgan fingerprint density at radius 3 is 0.600 bits per heavy atom. The summed E-state index contributed by atoms with van der Waals surface area (Å²) >= 11 is 0. The molecular formula is C38H80IN. The van der Waals surface area contributed by atoms with Crippen LogP contribution in [0.25, 0.3) is 0 Å². The molecule has 2 heteroatoms. The Labute approximate surface area is 273 Å². The maximum absolute atomic E-state index is 7.14. The molecule has 0 amide bonds. The van der Waals surface area contributed by atoms with E-state index in [1.807, 2.05) is 0 Å². The first kappa shape index (κ1) is 42.8. The molecule has 0 spiro atoms. The molecule has 0 atom stereocenters. The van der Waals surface area contributed by atoms with Gasteiger partial charge in [-0.15, -0.1) is 24.0 Å². The second-order valence-electron chi connectivity index (χ2n) is 13.5. The predicted molar refractivity (Wildman–Crippen MR) is 196 cm³/mol. The molecule has 0 aromatic rings. The fraction of sp³-hybridized carbons (Fsp3) is 1.00. The lowest BCUT2D eigenvalue weighted by molar-refractivity contribution is 0.302. The summed E-state index contributed by atoms with van der Waals surface area (Å²) in [7, 11) is 0. The first-order valence-corrected chi connectivity index (χ1v) is 19.0. The maximum atomic E-state index is 7.14. The highest BCUT2D eigenvalue weighted by Crippen LogP contribution is 2.27. The van der Waals surface area contributed by atoms with Crippen molar-refractivity contribution in [3.05, 3.63) is 0 Å². The molecule has 0 aromatic heterocycles. The van der Waals surface area contributed by atoms with Crippen LogP contribution in [-0.2, 0) is 0 Å². The third kappa shape index (κ3) is 33.2. The van der Waals surface area contributed by atoms with Crippen LogP contribution in [0.1, 0.15) is 239 Å². The number of hydrogen-bond donors (Lipinski definition) is 1. The summed E-state index contributed by atoms with van der Waals surface area (Å²) in [4.78, 5) is 0. The van der Waals surface area contributed by atoms with E-state index in [9.17, 15) is 0 Å². The summed E-state index contributed by atoms with van der Waals surface area (Å²) in [5, 5.41) is 0. The fourth-order valence-corrected chi connectivity index (χ4v) is 6.45. The van der Waals surface area contributed by atoms with Crippen LogP contribution in [-0.4, -0.2) is 5.54 Å². The highest BCUT2D eigenvalue weighted by molar-refractivity contribution is 14.0. The summed E-state index contributed by atoms with van der Waals surface area (Å²) in [6, 6.07) is 0. The average molecular weight is 678 g/mol. The van der Waals surface area contributed by atoms with Gasteiger partial charge < -0.3 is 5.73 Å². The molecule has 0 aliphatic rings. The van der Waals surface area contributed by atoms with Crippen LogP contribution in [0.2, 0.25) is 0 Å². The highest BCUT2D eigenvalue weighted by atomic mass is 127. The van der Waals surface area contributed by atoms with E-state index in [0.717, 1.165) is 0 Å². The lowest BCUT2D eigenvalue weighted by Gasteiger charge is -2.30. The SMILES string of the molecule is CCCCCCCCCCCCCC(N)(CCCCCCCCCCCC)CCCCCCCCCCCC.I. The van der Waals surface area contributed by atoms with E-state index in [1.165, 1.54) is 218 Å². The molecule has 0 unspecified atom stereocenters. The van der Waals surface area contributed by atoms with Crippen LogP contribution in [0.15, 0.2) is 0 Å². The van der Waals surface area contributed by atoms with Crippen LogP contribution >= 0.6 is 24.0 Å². The fourth-order valence-electron chi connectivity index (χ4n) is 6.45. The molecule has 2 N–H and O–H groups in total. The highest BCUT2D eigenvalue weighted by Gasteiger charge is 2.23. The van der Waals surface area contributed by atoms with E-state index in [0.29, 0.717) is 0 Å². The van der Waals surface area contributed by atoms with Gasteiger partial charge in [0.25, 0.3) is 0 Å². The summed E-state index contributed by atoms with van der Waals surface area (Å²) < 4.78 is 0.